The summed E-state index contributed by atoms with van der Waals surface area (Å²) in [5, 5.41) is 0. The smallest absolute Gasteiger partial charge is 0.0187 e. The number of rotatable bonds is 3. The van der Waals surface area contributed by atoms with E-state index in [-0.39, 0.29) is 0 Å². The zero-order valence-corrected chi connectivity index (χ0v) is 7.82. The fraction of sp³-hybridized carbons (Fsp3) is 0.300. The number of thioether (sulfide) groups is 1. The molecule has 1 rings (SSSR count). The van der Waals surface area contributed by atoms with E-state index in [4.69, 9.17) is 0 Å². The third-order valence-corrected chi connectivity index (χ3v) is 2.37. The first-order chi connectivity index (χ1) is 5.33. The largest absolute Gasteiger partial charge is 0.153 e. The van der Waals surface area contributed by atoms with Crippen LogP contribution in [-0.4, -0.2) is 0 Å². The van der Waals surface area contributed by atoms with Crippen molar-refractivity contribution in [3.05, 3.63) is 41.1 Å². The van der Waals surface area contributed by atoms with E-state index in [1.54, 1.807) is 0 Å². The van der Waals surface area contributed by atoms with Gasteiger partial charge in [0.15, 0.2) is 0 Å². The van der Waals surface area contributed by atoms with Gasteiger partial charge in [-0.3, -0.25) is 0 Å². The Hall–Kier alpha value is -0.430. The van der Waals surface area contributed by atoms with Crippen LogP contribution in [0.1, 0.15) is 18.1 Å². The molecule has 0 fully saturated rings. The minimum absolute atomic E-state index is 1.09. The van der Waals surface area contributed by atoms with Crippen LogP contribution in [0.5, 0.6) is 0 Å². The molecule has 0 atom stereocenters. The van der Waals surface area contributed by atoms with Gasteiger partial charge in [-0.05, 0) is 12.5 Å². The van der Waals surface area contributed by atoms with Crippen LogP contribution in [0.2, 0.25) is 0 Å². The predicted molar refractivity (Wildman–Crippen MR) is 52.4 cm³/mol. The molecule has 1 aromatic rings. The summed E-state index contributed by atoms with van der Waals surface area (Å²) >= 11 is 1.84. The highest BCUT2D eigenvalue weighted by atomic mass is 32.2. The lowest BCUT2D eigenvalue weighted by atomic mass is 10.2. The molecule has 1 heteroatoms. The molecule has 1 radical (unpaired) electrons. The second kappa shape index (κ2) is 4.45. The lowest BCUT2D eigenvalue weighted by molar-refractivity contribution is 1.37. The minimum atomic E-state index is 1.09. The van der Waals surface area contributed by atoms with Gasteiger partial charge < -0.3 is 0 Å². The SMILES string of the molecule is C[CH]SCc1ccc(C)cc1. The Bertz CT molecular complexity index is 201. The molecule has 0 saturated carbocycles. The van der Waals surface area contributed by atoms with E-state index in [0.717, 1.165) is 5.75 Å². The third kappa shape index (κ3) is 2.98. The minimum Gasteiger partial charge on any atom is -0.153 e. The summed E-state index contributed by atoms with van der Waals surface area (Å²) in [6.45, 7) is 4.18. The first-order valence-corrected chi connectivity index (χ1v) is 4.83. The molecule has 0 N–H and O–H groups in total. The molecule has 0 bridgehead atoms. The van der Waals surface area contributed by atoms with Crippen molar-refractivity contribution in [1.82, 2.24) is 0 Å². The lowest BCUT2D eigenvalue weighted by Gasteiger charge is -1.98. The normalized spacial score (nSPS) is 10.0. The number of hydrogen-bond acceptors (Lipinski definition) is 1. The molecular formula is C10H13S. The van der Waals surface area contributed by atoms with Crippen LogP contribution >= 0.6 is 11.8 Å². The fourth-order valence-corrected chi connectivity index (χ4v) is 1.42. The molecule has 0 heterocycles. The zero-order chi connectivity index (χ0) is 8.10. The summed E-state index contributed by atoms with van der Waals surface area (Å²) in [6, 6.07) is 8.69. The second-order valence-electron chi connectivity index (χ2n) is 2.53. The predicted octanol–water partition coefficient (Wildman–Crippen LogP) is 3.41. The van der Waals surface area contributed by atoms with E-state index in [1.165, 1.54) is 11.1 Å². The number of benzene rings is 1. The van der Waals surface area contributed by atoms with Gasteiger partial charge in [0.25, 0.3) is 0 Å². The summed E-state index contributed by atoms with van der Waals surface area (Å²) in [5.41, 5.74) is 2.73. The average molecular weight is 165 g/mol. The molecule has 11 heavy (non-hydrogen) atoms. The van der Waals surface area contributed by atoms with Gasteiger partial charge in [0.05, 0.1) is 0 Å². The molecule has 0 aliphatic rings. The Morgan fingerprint density at radius 3 is 2.45 bits per heavy atom. The van der Waals surface area contributed by atoms with Gasteiger partial charge >= 0.3 is 0 Å². The molecule has 0 nitrogen and oxygen atoms in total. The van der Waals surface area contributed by atoms with Crippen LogP contribution in [0.25, 0.3) is 0 Å². The van der Waals surface area contributed by atoms with Gasteiger partial charge in [0.1, 0.15) is 0 Å². The van der Waals surface area contributed by atoms with Crippen LogP contribution in [0.4, 0.5) is 0 Å². The molecule has 59 valence electrons. The van der Waals surface area contributed by atoms with Crippen molar-refractivity contribution in [2.75, 3.05) is 0 Å². The molecule has 0 saturated heterocycles. The molecule has 0 spiro atoms. The second-order valence-corrected chi connectivity index (χ2v) is 3.63. The maximum Gasteiger partial charge on any atom is 0.0187 e. The molecule has 0 amide bonds. The van der Waals surface area contributed by atoms with Crippen molar-refractivity contribution in [3.8, 4) is 0 Å². The standard InChI is InChI=1S/C10H13S/c1-3-11-8-10-6-4-9(2)5-7-10/h3-7H,8H2,1-2H3. The van der Waals surface area contributed by atoms with Crippen molar-refractivity contribution < 1.29 is 0 Å². The van der Waals surface area contributed by atoms with E-state index >= 15 is 0 Å². The third-order valence-electron chi connectivity index (χ3n) is 1.54. The first kappa shape index (κ1) is 8.66. The summed E-state index contributed by atoms with van der Waals surface area (Å²) in [6.07, 6.45) is 0. The highest BCUT2D eigenvalue weighted by Crippen LogP contribution is 2.14. The van der Waals surface area contributed by atoms with Crippen molar-refractivity contribution in [3.63, 3.8) is 0 Å². The van der Waals surface area contributed by atoms with E-state index in [0.29, 0.717) is 0 Å². The summed E-state index contributed by atoms with van der Waals surface area (Å²) in [4.78, 5) is 0. The van der Waals surface area contributed by atoms with Gasteiger partial charge in [-0.15, -0.1) is 0 Å². The van der Waals surface area contributed by atoms with Crippen molar-refractivity contribution in [1.29, 1.82) is 0 Å². The van der Waals surface area contributed by atoms with Gasteiger partial charge in [0.2, 0.25) is 0 Å². The summed E-state index contributed by atoms with van der Waals surface area (Å²) in [7, 11) is 0. The van der Waals surface area contributed by atoms with Crippen LogP contribution in [0.15, 0.2) is 24.3 Å². The Kier molecular flexibility index (Phi) is 3.50. The molecule has 0 unspecified atom stereocenters. The first-order valence-electron chi connectivity index (χ1n) is 3.78. The maximum absolute atomic E-state index is 2.19. The van der Waals surface area contributed by atoms with Crippen molar-refractivity contribution in [2.24, 2.45) is 0 Å². The van der Waals surface area contributed by atoms with Crippen molar-refractivity contribution >= 4 is 11.8 Å². The van der Waals surface area contributed by atoms with Gasteiger partial charge in [-0.25, -0.2) is 0 Å². The van der Waals surface area contributed by atoms with Crippen LogP contribution in [0.3, 0.4) is 0 Å². The Labute approximate surface area is 73.0 Å². The van der Waals surface area contributed by atoms with Gasteiger partial charge in [0, 0.05) is 11.5 Å². The van der Waals surface area contributed by atoms with E-state index in [9.17, 15) is 0 Å². The molecular weight excluding hydrogens is 152 g/mol. The Balaban J connectivity index is 2.52. The molecule has 0 aliphatic heterocycles. The number of hydrogen-bond donors (Lipinski definition) is 0. The number of aryl methyl sites for hydroxylation is 1. The molecule has 0 aromatic heterocycles. The quantitative estimate of drug-likeness (QED) is 0.661. The zero-order valence-electron chi connectivity index (χ0n) is 7.00. The topological polar surface area (TPSA) is 0 Å². The van der Waals surface area contributed by atoms with E-state index in [1.807, 2.05) is 11.8 Å². The summed E-state index contributed by atoms with van der Waals surface area (Å²) in [5.74, 6) is 3.22. The molecule has 1 aromatic carbocycles. The van der Waals surface area contributed by atoms with Gasteiger partial charge in [-0.1, -0.05) is 36.8 Å². The highest BCUT2D eigenvalue weighted by molar-refractivity contribution is 8.00. The fourth-order valence-electron chi connectivity index (χ4n) is 0.864. The van der Waals surface area contributed by atoms with E-state index in [2.05, 4.69) is 43.9 Å². The maximum atomic E-state index is 2.19. The Morgan fingerprint density at radius 2 is 1.91 bits per heavy atom. The monoisotopic (exact) mass is 165 g/mol. The molecule has 0 aliphatic carbocycles. The average Bonchev–Trinajstić information content (AvgIpc) is 2.04. The Morgan fingerprint density at radius 1 is 1.27 bits per heavy atom. The lowest BCUT2D eigenvalue weighted by Crippen LogP contribution is -1.79. The van der Waals surface area contributed by atoms with Crippen LogP contribution in [-0.2, 0) is 5.75 Å². The highest BCUT2D eigenvalue weighted by Gasteiger charge is 1.90. The van der Waals surface area contributed by atoms with Crippen molar-refractivity contribution in [2.45, 2.75) is 19.6 Å². The van der Waals surface area contributed by atoms with Gasteiger partial charge in [-0.2, -0.15) is 11.8 Å². The van der Waals surface area contributed by atoms with Crippen LogP contribution in [0, 0.1) is 12.7 Å². The summed E-state index contributed by atoms with van der Waals surface area (Å²) < 4.78 is 0. The van der Waals surface area contributed by atoms with Crippen LogP contribution < -0.4 is 0 Å². The van der Waals surface area contributed by atoms with E-state index < -0.39 is 0 Å².